The van der Waals surface area contributed by atoms with E-state index in [4.69, 9.17) is 15.2 Å². The number of hydrogen-bond acceptors (Lipinski definition) is 4. The molecule has 0 aromatic heterocycles. The number of nitrogens with one attached hydrogen (secondary N) is 1. The van der Waals surface area contributed by atoms with Crippen LogP contribution in [0, 0.1) is 0 Å². The van der Waals surface area contributed by atoms with E-state index < -0.39 is 0 Å². The highest BCUT2D eigenvalue weighted by Gasteiger charge is 2.26. The summed E-state index contributed by atoms with van der Waals surface area (Å²) >= 11 is 0. The van der Waals surface area contributed by atoms with Crippen molar-refractivity contribution in [2.24, 2.45) is 0 Å². The van der Waals surface area contributed by atoms with Crippen molar-refractivity contribution in [1.82, 2.24) is 5.32 Å². The second kappa shape index (κ2) is 6.07. The van der Waals surface area contributed by atoms with Gasteiger partial charge in [-0.2, -0.15) is 0 Å². The van der Waals surface area contributed by atoms with E-state index in [2.05, 4.69) is 5.32 Å². The van der Waals surface area contributed by atoms with Crippen LogP contribution in [0.3, 0.4) is 0 Å². The largest absolute Gasteiger partial charge is 0.497 e. The van der Waals surface area contributed by atoms with Crippen LogP contribution in [-0.2, 0) is 11.3 Å². The summed E-state index contributed by atoms with van der Waals surface area (Å²) in [6, 6.07) is 6.18. The van der Waals surface area contributed by atoms with Gasteiger partial charge in [-0.3, -0.25) is 0 Å². The number of benzene rings is 1. The first-order valence-electron chi connectivity index (χ1n) is 6.43. The summed E-state index contributed by atoms with van der Waals surface area (Å²) < 4.78 is 10.7. The zero-order valence-corrected chi connectivity index (χ0v) is 11.1. The van der Waals surface area contributed by atoms with Crippen molar-refractivity contribution >= 4 is 5.69 Å². The normalized spacial score (nSPS) is 23.2. The molecule has 1 fully saturated rings. The zero-order chi connectivity index (χ0) is 13.0. The highest BCUT2D eigenvalue weighted by molar-refractivity contribution is 5.50. The maximum atomic E-state index is 5.97. The molecule has 0 radical (unpaired) electrons. The Morgan fingerprint density at radius 2 is 2.17 bits per heavy atom. The van der Waals surface area contributed by atoms with Crippen LogP contribution >= 0.6 is 0 Å². The molecular weight excluding hydrogens is 228 g/mol. The fourth-order valence-corrected chi connectivity index (χ4v) is 2.54. The molecule has 0 amide bonds. The molecule has 1 saturated carbocycles. The molecule has 0 bridgehead atoms. The predicted octanol–water partition coefficient (Wildman–Crippen LogP) is 1.93. The summed E-state index contributed by atoms with van der Waals surface area (Å²) in [5.74, 6) is 0.843. The van der Waals surface area contributed by atoms with Gasteiger partial charge in [0.15, 0.2) is 0 Å². The van der Waals surface area contributed by atoms with Gasteiger partial charge >= 0.3 is 0 Å². The Balaban J connectivity index is 1.97. The Hall–Kier alpha value is -1.26. The van der Waals surface area contributed by atoms with Gasteiger partial charge in [0.1, 0.15) is 5.75 Å². The van der Waals surface area contributed by atoms with Crippen molar-refractivity contribution in [3.8, 4) is 5.75 Å². The van der Waals surface area contributed by atoms with Gasteiger partial charge in [-0.1, -0.05) is 0 Å². The van der Waals surface area contributed by atoms with Crippen molar-refractivity contribution in [2.75, 3.05) is 20.0 Å². The molecule has 2 unspecified atom stereocenters. The zero-order valence-electron chi connectivity index (χ0n) is 11.1. The molecule has 2 atom stereocenters. The summed E-state index contributed by atoms with van der Waals surface area (Å²) in [6.07, 6.45) is 3.87. The van der Waals surface area contributed by atoms with Crippen LogP contribution in [0.2, 0.25) is 0 Å². The minimum absolute atomic E-state index is 0.330. The lowest BCUT2D eigenvalue weighted by Crippen LogP contribution is -2.36. The van der Waals surface area contributed by atoms with E-state index in [1.165, 1.54) is 12.8 Å². The third kappa shape index (κ3) is 2.94. The minimum Gasteiger partial charge on any atom is -0.497 e. The van der Waals surface area contributed by atoms with Crippen molar-refractivity contribution in [2.45, 2.75) is 38.0 Å². The number of hydrogen-bond donors (Lipinski definition) is 2. The van der Waals surface area contributed by atoms with E-state index in [0.717, 1.165) is 30.0 Å². The molecule has 1 aliphatic rings. The first kappa shape index (κ1) is 13.2. The Kier molecular flexibility index (Phi) is 4.44. The average molecular weight is 250 g/mol. The Morgan fingerprint density at radius 1 is 1.33 bits per heavy atom. The number of methoxy groups -OCH3 is 2. The lowest BCUT2D eigenvalue weighted by Gasteiger charge is -2.20. The smallest absolute Gasteiger partial charge is 0.119 e. The molecule has 1 aromatic carbocycles. The fraction of sp³-hybridized carbons (Fsp3) is 0.571. The predicted molar refractivity (Wildman–Crippen MR) is 72.7 cm³/mol. The highest BCUT2D eigenvalue weighted by Crippen LogP contribution is 2.23. The van der Waals surface area contributed by atoms with Gasteiger partial charge in [0, 0.05) is 25.4 Å². The van der Waals surface area contributed by atoms with Gasteiger partial charge in [-0.15, -0.1) is 0 Å². The van der Waals surface area contributed by atoms with Crippen LogP contribution in [0.15, 0.2) is 18.2 Å². The number of anilines is 1. The minimum atomic E-state index is 0.330. The summed E-state index contributed by atoms with van der Waals surface area (Å²) in [5.41, 5.74) is 7.85. The molecule has 1 aromatic rings. The molecule has 3 N–H and O–H groups in total. The molecule has 100 valence electrons. The lowest BCUT2D eigenvalue weighted by molar-refractivity contribution is 0.0847. The van der Waals surface area contributed by atoms with Crippen LogP contribution < -0.4 is 15.8 Å². The number of nitrogen functional groups attached to an aromatic ring is 1. The Bertz CT molecular complexity index is 395. The molecule has 0 heterocycles. The molecule has 0 spiro atoms. The molecular formula is C14H22N2O2. The summed E-state index contributed by atoms with van der Waals surface area (Å²) in [6.45, 7) is 0.758. The lowest BCUT2D eigenvalue weighted by atomic mass is 10.1. The molecule has 1 aliphatic carbocycles. The monoisotopic (exact) mass is 250 g/mol. The first-order chi connectivity index (χ1) is 8.74. The van der Waals surface area contributed by atoms with Gasteiger partial charge in [0.25, 0.3) is 0 Å². The second-order valence-electron chi connectivity index (χ2n) is 4.76. The maximum absolute atomic E-state index is 5.97. The van der Waals surface area contributed by atoms with Gasteiger partial charge in [0.05, 0.1) is 13.2 Å². The quantitative estimate of drug-likeness (QED) is 0.784. The third-order valence-corrected chi connectivity index (χ3v) is 3.66. The van der Waals surface area contributed by atoms with E-state index in [0.29, 0.717) is 12.1 Å². The highest BCUT2D eigenvalue weighted by atomic mass is 16.5. The summed E-state index contributed by atoms with van der Waals surface area (Å²) in [4.78, 5) is 0. The second-order valence-corrected chi connectivity index (χ2v) is 4.76. The van der Waals surface area contributed by atoms with E-state index in [1.807, 2.05) is 18.2 Å². The van der Waals surface area contributed by atoms with Crippen LogP contribution in [0.1, 0.15) is 24.8 Å². The summed E-state index contributed by atoms with van der Waals surface area (Å²) in [7, 11) is 3.45. The Labute approximate surface area is 108 Å². The number of ether oxygens (including phenoxy) is 2. The molecule has 0 saturated heterocycles. The van der Waals surface area contributed by atoms with Crippen LogP contribution in [0.5, 0.6) is 5.75 Å². The fourth-order valence-electron chi connectivity index (χ4n) is 2.54. The topological polar surface area (TPSA) is 56.5 Å². The molecule has 0 aliphatic heterocycles. The van der Waals surface area contributed by atoms with Crippen molar-refractivity contribution in [1.29, 1.82) is 0 Å². The van der Waals surface area contributed by atoms with Crippen molar-refractivity contribution in [3.63, 3.8) is 0 Å². The van der Waals surface area contributed by atoms with E-state index in [-0.39, 0.29) is 0 Å². The van der Waals surface area contributed by atoms with Crippen LogP contribution in [0.4, 0.5) is 5.69 Å². The van der Waals surface area contributed by atoms with Gasteiger partial charge in [-0.25, -0.2) is 0 Å². The van der Waals surface area contributed by atoms with Gasteiger partial charge in [0.2, 0.25) is 0 Å². The number of nitrogens with two attached hydrogens (primary N) is 1. The van der Waals surface area contributed by atoms with Crippen LogP contribution in [0.25, 0.3) is 0 Å². The molecule has 4 nitrogen and oxygen atoms in total. The standard InChI is InChI=1S/C14H22N2O2/c1-17-11-6-7-12(15)10(8-11)9-16-13-4-3-5-14(13)18-2/h6-8,13-14,16H,3-5,9,15H2,1-2H3. The molecule has 2 rings (SSSR count). The Morgan fingerprint density at radius 3 is 2.89 bits per heavy atom. The van der Waals surface area contributed by atoms with E-state index in [1.54, 1.807) is 14.2 Å². The van der Waals surface area contributed by atoms with E-state index >= 15 is 0 Å². The maximum Gasteiger partial charge on any atom is 0.119 e. The third-order valence-electron chi connectivity index (χ3n) is 3.66. The summed E-state index contributed by atoms with van der Waals surface area (Å²) in [5, 5.41) is 3.53. The first-order valence-corrected chi connectivity index (χ1v) is 6.43. The van der Waals surface area contributed by atoms with Crippen molar-refractivity contribution in [3.05, 3.63) is 23.8 Å². The SMILES string of the molecule is COc1ccc(N)c(CNC2CCCC2OC)c1. The molecule has 18 heavy (non-hydrogen) atoms. The number of rotatable bonds is 5. The van der Waals surface area contributed by atoms with Crippen molar-refractivity contribution < 1.29 is 9.47 Å². The van der Waals surface area contributed by atoms with Gasteiger partial charge < -0.3 is 20.5 Å². The molecule has 4 heteroatoms. The van der Waals surface area contributed by atoms with Gasteiger partial charge in [-0.05, 0) is 43.0 Å². The van der Waals surface area contributed by atoms with E-state index in [9.17, 15) is 0 Å². The average Bonchev–Trinajstić information content (AvgIpc) is 2.85. The van der Waals surface area contributed by atoms with Crippen LogP contribution in [-0.4, -0.2) is 26.4 Å².